The summed E-state index contributed by atoms with van der Waals surface area (Å²) >= 11 is 2.46. The molecule has 3 aliphatic rings. The molecule has 192 valence electrons. The molecule has 2 amide bonds. The molecule has 2 aromatic heterocycles. The van der Waals surface area contributed by atoms with E-state index in [-0.39, 0.29) is 39.6 Å². The predicted molar refractivity (Wildman–Crippen MR) is 133 cm³/mol. The lowest BCUT2D eigenvalue weighted by molar-refractivity contribution is -0.689. The highest BCUT2D eigenvalue weighted by molar-refractivity contribution is 8.00. The molecule has 4 heterocycles. The summed E-state index contributed by atoms with van der Waals surface area (Å²) in [6.45, 7) is 0.495. The Kier molecular flexibility index (Phi) is 7.19. The highest BCUT2D eigenvalue weighted by atomic mass is 32.2. The molecule has 3 atom stereocenters. The molecule has 0 bridgehead atoms. The van der Waals surface area contributed by atoms with Gasteiger partial charge in [0.25, 0.3) is 11.8 Å². The Hall–Kier alpha value is -3.78. The first-order valence-corrected chi connectivity index (χ1v) is 13.4. The van der Waals surface area contributed by atoms with Gasteiger partial charge in [0.1, 0.15) is 17.5 Å². The maximum absolute atomic E-state index is 13.1. The molecule has 2 aliphatic heterocycles. The molecule has 1 aliphatic carbocycles. The van der Waals surface area contributed by atoms with Crippen LogP contribution in [0.4, 0.5) is 5.13 Å². The smallest absolute Gasteiger partial charge is 0.278 e. The molecule has 1 saturated heterocycles. The number of anilines is 1. The van der Waals surface area contributed by atoms with Crippen LogP contribution >= 0.6 is 23.3 Å². The van der Waals surface area contributed by atoms with Crippen molar-refractivity contribution in [3.63, 3.8) is 0 Å². The maximum atomic E-state index is 13.1. The number of β-lactam (4-membered cyclic amide) rings is 1. The summed E-state index contributed by atoms with van der Waals surface area (Å²) in [4.78, 5) is 48.1. The molecule has 1 fully saturated rings. The average molecular weight is 542 g/mol. The lowest BCUT2D eigenvalue weighted by Crippen LogP contribution is -2.69. The number of carboxylic acids is 1. The van der Waals surface area contributed by atoms with Crippen molar-refractivity contribution in [2.24, 2.45) is 5.16 Å². The fraction of sp³-hybridized carbons (Fsp3) is 0.348. The van der Waals surface area contributed by atoms with Crippen LogP contribution in [0.5, 0.6) is 0 Å². The van der Waals surface area contributed by atoms with E-state index < -0.39 is 17.9 Å². The third kappa shape index (κ3) is 5.49. The molecule has 0 saturated carbocycles. The molecule has 37 heavy (non-hydrogen) atoms. The van der Waals surface area contributed by atoms with Crippen molar-refractivity contribution in [2.75, 3.05) is 11.5 Å². The van der Waals surface area contributed by atoms with Gasteiger partial charge in [-0.2, -0.15) is 9.36 Å². The second kappa shape index (κ2) is 10.7. The number of rotatable bonds is 8. The predicted octanol–water partition coefficient (Wildman–Crippen LogP) is -0.415. The van der Waals surface area contributed by atoms with Crippen LogP contribution in [0.25, 0.3) is 0 Å². The number of nitrogens with two attached hydrogens (primary N) is 1. The van der Waals surface area contributed by atoms with Gasteiger partial charge in [0.15, 0.2) is 24.1 Å². The Labute approximate surface area is 220 Å². The monoisotopic (exact) mass is 541 g/mol. The van der Waals surface area contributed by atoms with E-state index >= 15 is 0 Å². The topological polar surface area (TPSA) is 167 Å². The zero-order chi connectivity index (χ0) is 25.9. The van der Waals surface area contributed by atoms with Crippen LogP contribution in [0.3, 0.4) is 0 Å². The number of amides is 2. The standard InChI is InChI=1S/C23H23N7O5S2/c24-23-26-18(28-37-23)16(27-35-15-4-2-1-3-5-15)19(31)25-17-20(32)30-11-13(12-36-21(17)30)10-29-8-6-14(7-9-29)22(33)34/h2,4,6-9,11,15,17,21H,1,3,5,10,12H2,(H3-,24,25,26,28,31,33,34)/t15?,17?,21-/m1/s1. The molecule has 14 heteroatoms. The number of hydrogen-bond acceptors (Lipinski definition) is 11. The van der Waals surface area contributed by atoms with Crippen LogP contribution in [0.1, 0.15) is 35.4 Å². The normalized spacial score (nSPS) is 23.1. The van der Waals surface area contributed by atoms with Gasteiger partial charge in [-0.05, 0) is 25.3 Å². The molecule has 5 rings (SSSR count). The number of oxime groups is 1. The van der Waals surface area contributed by atoms with E-state index in [1.54, 1.807) is 23.5 Å². The number of aromatic carboxylic acids is 1. The zero-order valence-corrected chi connectivity index (χ0v) is 21.1. The number of fused-ring (bicyclic) bond motifs is 1. The molecule has 2 aromatic rings. The third-order valence-corrected chi connectivity index (χ3v) is 7.92. The summed E-state index contributed by atoms with van der Waals surface area (Å²) in [6.07, 6.45) is 11.5. The Morgan fingerprint density at radius 1 is 1.35 bits per heavy atom. The first-order valence-electron chi connectivity index (χ1n) is 11.5. The van der Waals surface area contributed by atoms with Crippen molar-refractivity contribution < 1.29 is 28.9 Å². The first kappa shape index (κ1) is 24.9. The summed E-state index contributed by atoms with van der Waals surface area (Å²) in [5.74, 6) is -1.42. The van der Waals surface area contributed by atoms with Crippen LogP contribution in [0.15, 0.2) is 53.6 Å². The van der Waals surface area contributed by atoms with Crippen LogP contribution < -0.4 is 20.7 Å². The van der Waals surface area contributed by atoms with Gasteiger partial charge in [-0.15, -0.1) is 11.8 Å². The van der Waals surface area contributed by atoms with Gasteiger partial charge < -0.3 is 30.7 Å². The van der Waals surface area contributed by atoms with Crippen molar-refractivity contribution in [1.82, 2.24) is 19.6 Å². The first-order chi connectivity index (χ1) is 17.9. The molecule has 0 aromatic carbocycles. The van der Waals surface area contributed by atoms with Crippen molar-refractivity contribution >= 4 is 51.9 Å². The number of allylic oxidation sites excluding steroid dienone is 1. The number of carboxylic acid groups (broad SMARTS) is 1. The number of nitrogens with one attached hydrogen (secondary N) is 1. The number of hydrogen-bond donors (Lipinski definition) is 2. The highest BCUT2D eigenvalue weighted by Crippen LogP contribution is 2.36. The summed E-state index contributed by atoms with van der Waals surface area (Å²) in [5, 5.41) is 17.6. The maximum Gasteiger partial charge on any atom is 0.278 e. The summed E-state index contributed by atoms with van der Waals surface area (Å²) in [6, 6.07) is 2.20. The Balaban J connectivity index is 1.24. The second-order valence-corrected chi connectivity index (χ2v) is 10.5. The van der Waals surface area contributed by atoms with Gasteiger partial charge in [0, 0.05) is 46.8 Å². The highest BCUT2D eigenvalue weighted by Gasteiger charge is 2.50. The Bertz CT molecular complexity index is 1310. The van der Waals surface area contributed by atoms with E-state index in [2.05, 4.69) is 19.8 Å². The van der Waals surface area contributed by atoms with E-state index in [9.17, 15) is 19.5 Å². The fourth-order valence-electron chi connectivity index (χ4n) is 4.09. The Morgan fingerprint density at radius 3 is 2.84 bits per heavy atom. The van der Waals surface area contributed by atoms with Gasteiger partial charge in [-0.3, -0.25) is 9.59 Å². The Morgan fingerprint density at radius 2 is 2.16 bits per heavy atom. The van der Waals surface area contributed by atoms with Gasteiger partial charge in [0.05, 0.1) is 5.97 Å². The van der Waals surface area contributed by atoms with Crippen molar-refractivity contribution in [1.29, 1.82) is 0 Å². The van der Waals surface area contributed by atoms with Crippen molar-refractivity contribution in [3.8, 4) is 0 Å². The number of carbonyl (C=O) groups excluding carboxylic acids is 3. The van der Waals surface area contributed by atoms with Crippen LogP contribution in [0, 0.1) is 0 Å². The van der Waals surface area contributed by atoms with Crippen LogP contribution in [-0.2, 0) is 21.0 Å². The minimum atomic E-state index is -1.23. The van der Waals surface area contributed by atoms with Crippen LogP contribution in [-0.4, -0.2) is 61.0 Å². The summed E-state index contributed by atoms with van der Waals surface area (Å²) in [5.41, 5.74) is 6.64. The largest absolute Gasteiger partial charge is 0.545 e. The number of nitrogen functional groups attached to an aromatic ring is 1. The number of carbonyl (C=O) groups is 3. The molecule has 2 unspecified atom stereocenters. The number of pyridine rings is 1. The summed E-state index contributed by atoms with van der Waals surface area (Å²) < 4.78 is 5.90. The molecule has 0 radical (unpaired) electrons. The van der Waals surface area contributed by atoms with Gasteiger partial charge in [0.2, 0.25) is 11.5 Å². The number of thioether (sulfide) groups is 1. The molecule has 12 nitrogen and oxygen atoms in total. The quantitative estimate of drug-likeness (QED) is 0.148. The molecule has 3 N–H and O–H groups in total. The average Bonchev–Trinajstić information content (AvgIpc) is 3.34. The number of nitrogens with zero attached hydrogens (tertiary/aromatic N) is 5. The summed E-state index contributed by atoms with van der Waals surface area (Å²) in [7, 11) is 0. The number of aromatic nitrogens is 3. The van der Waals surface area contributed by atoms with E-state index in [0.717, 1.165) is 36.4 Å². The van der Waals surface area contributed by atoms with Gasteiger partial charge in [-0.1, -0.05) is 11.2 Å². The zero-order valence-electron chi connectivity index (χ0n) is 19.5. The van der Waals surface area contributed by atoms with E-state index in [1.165, 1.54) is 23.9 Å². The van der Waals surface area contributed by atoms with Crippen molar-refractivity contribution in [3.05, 3.63) is 59.8 Å². The van der Waals surface area contributed by atoms with E-state index in [0.29, 0.717) is 12.3 Å². The van der Waals surface area contributed by atoms with E-state index in [1.807, 2.05) is 16.7 Å². The van der Waals surface area contributed by atoms with Crippen LogP contribution in [0.2, 0.25) is 0 Å². The van der Waals surface area contributed by atoms with E-state index in [4.69, 9.17) is 10.6 Å². The molecular weight excluding hydrogens is 518 g/mol. The van der Waals surface area contributed by atoms with Gasteiger partial charge in [-0.25, -0.2) is 4.57 Å². The molecule has 0 spiro atoms. The minimum absolute atomic E-state index is 0.0450. The van der Waals surface area contributed by atoms with Crippen molar-refractivity contribution in [2.45, 2.75) is 43.3 Å². The second-order valence-electron chi connectivity index (χ2n) is 8.63. The lowest BCUT2D eigenvalue weighted by atomic mass is 10.1. The lowest BCUT2D eigenvalue weighted by Gasteiger charge is -2.47. The SMILES string of the molecule is Nc1nc(C(=NOC2C=CCCC2)C(=O)NC2C(=O)N3C=C(C[n+]4ccc(C(=O)[O-])cc4)CS[C@H]23)ns1. The fourth-order valence-corrected chi connectivity index (χ4v) is 5.78. The van der Waals surface area contributed by atoms with Gasteiger partial charge >= 0.3 is 0 Å². The molecular formula is C23H23N7O5S2. The third-order valence-electron chi connectivity index (χ3n) is 6.00. The minimum Gasteiger partial charge on any atom is -0.545 e.